The van der Waals surface area contributed by atoms with Crippen LogP contribution in [0.3, 0.4) is 0 Å². The first-order valence-corrected chi connectivity index (χ1v) is 8.77. The van der Waals surface area contributed by atoms with Crippen LogP contribution in [-0.2, 0) is 14.8 Å². The smallest absolute Gasteiger partial charge is 0.319 e. The Hall–Kier alpha value is -1.64. The van der Waals surface area contributed by atoms with E-state index in [2.05, 4.69) is 10.6 Å². The number of sulfonamides is 1. The Bertz CT molecular complexity index is 591. The van der Waals surface area contributed by atoms with Crippen molar-refractivity contribution in [2.24, 2.45) is 0 Å². The molecular formula is C14H21N3O4S. The molecule has 0 bridgehead atoms. The Labute approximate surface area is 130 Å². The summed E-state index contributed by atoms with van der Waals surface area (Å²) >= 11 is 0. The topological polar surface area (TPSA) is 87.7 Å². The van der Waals surface area contributed by atoms with Crippen molar-refractivity contribution in [2.45, 2.75) is 13.0 Å². The number of urea groups is 1. The third-order valence-corrected chi connectivity index (χ3v) is 5.11. The normalized spacial score (nSPS) is 19.6. The number of benzene rings is 1. The van der Waals surface area contributed by atoms with E-state index in [1.54, 1.807) is 24.3 Å². The van der Waals surface area contributed by atoms with E-state index in [-0.39, 0.29) is 18.4 Å². The molecule has 8 heteroatoms. The van der Waals surface area contributed by atoms with Gasteiger partial charge in [-0.3, -0.25) is 0 Å². The second-order valence-corrected chi connectivity index (χ2v) is 7.19. The van der Waals surface area contributed by atoms with Gasteiger partial charge in [0.25, 0.3) is 0 Å². The van der Waals surface area contributed by atoms with Crippen LogP contribution in [0, 0.1) is 0 Å². The largest absolute Gasteiger partial charge is 0.376 e. The molecule has 2 amide bonds. The average Bonchev–Trinajstić information content (AvgIpc) is 2.48. The Morgan fingerprint density at radius 3 is 2.77 bits per heavy atom. The quantitative estimate of drug-likeness (QED) is 0.839. The molecular weight excluding hydrogens is 306 g/mol. The summed E-state index contributed by atoms with van der Waals surface area (Å²) in [6.07, 6.45) is -0.0992. The second kappa shape index (κ2) is 7.57. The number of nitrogens with one attached hydrogen (secondary N) is 2. The lowest BCUT2D eigenvalue weighted by molar-refractivity contribution is 0.0102. The molecule has 0 aliphatic carbocycles. The van der Waals surface area contributed by atoms with E-state index in [0.29, 0.717) is 25.4 Å². The van der Waals surface area contributed by atoms with Crippen molar-refractivity contribution in [3.63, 3.8) is 0 Å². The van der Waals surface area contributed by atoms with Gasteiger partial charge in [0.2, 0.25) is 10.0 Å². The first kappa shape index (κ1) is 16.7. The molecule has 22 heavy (non-hydrogen) atoms. The van der Waals surface area contributed by atoms with Crippen LogP contribution in [0.5, 0.6) is 0 Å². The van der Waals surface area contributed by atoms with E-state index in [1.807, 2.05) is 13.0 Å². The van der Waals surface area contributed by atoms with Crippen LogP contribution in [0.25, 0.3) is 0 Å². The zero-order valence-corrected chi connectivity index (χ0v) is 13.3. The Morgan fingerprint density at radius 2 is 2.09 bits per heavy atom. The standard InChI is InChI=1S/C14H21N3O4S/c1-12-11-17(8-9-21-12)22(19,20)10-7-15-14(18)16-13-5-3-2-4-6-13/h2-6,12H,7-11H2,1H3,(H2,15,16,18). The highest BCUT2D eigenvalue weighted by molar-refractivity contribution is 7.89. The zero-order chi connectivity index (χ0) is 16.0. The molecule has 0 aromatic heterocycles. The van der Waals surface area contributed by atoms with Gasteiger partial charge >= 0.3 is 6.03 Å². The Balaban J connectivity index is 1.76. The van der Waals surface area contributed by atoms with Crippen molar-refractivity contribution in [3.8, 4) is 0 Å². The molecule has 1 aromatic carbocycles. The summed E-state index contributed by atoms with van der Waals surface area (Å²) < 4.78 is 31.1. The van der Waals surface area contributed by atoms with Crippen molar-refractivity contribution in [1.29, 1.82) is 0 Å². The minimum atomic E-state index is -3.37. The molecule has 1 aromatic rings. The van der Waals surface area contributed by atoms with Crippen molar-refractivity contribution >= 4 is 21.7 Å². The lowest BCUT2D eigenvalue weighted by Crippen LogP contribution is -2.46. The number of carbonyl (C=O) groups is 1. The molecule has 0 spiro atoms. The molecule has 7 nitrogen and oxygen atoms in total. The number of morpholine rings is 1. The van der Waals surface area contributed by atoms with Gasteiger partial charge < -0.3 is 15.4 Å². The van der Waals surface area contributed by atoms with Gasteiger partial charge in [0.05, 0.1) is 18.5 Å². The van der Waals surface area contributed by atoms with E-state index in [0.717, 1.165) is 0 Å². The molecule has 0 radical (unpaired) electrons. The van der Waals surface area contributed by atoms with Gasteiger partial charge in [0.15, 0.2) is 0 Å². The van der Waals surface area contributed by atoms with Gasteiger partial charge in [-0.15, -0.1) is 0 Å². The number of hydrogen-bond acceptors (Lipinski definition) is 4. The van der Waals surface area contributed by atoms with Crippen LogP contribution >= 0.6 is 0 Å². The third kappa shape index (κ3) is 4.97. The van der Waals surface area contributed by atoms with Gasteiger partial charge in [-0.1, -0.05) is 18.2 Å². The molecule has 122 valence electrons. The second-order valence-electron chi connectivity index (χ2n) is 5.10. The van der Waals surface area contributed by atoms with Crippen molar-refractivity contribution < 1.29 is 17.9 Å². The summed E-state index contributed by atoms with van der Waals surface area (Å²) in [6.45, 7) is 3.03. The SMILES string of the molecule is CC1CN(S(=O)(=O)CCNC(=O)Nc2ccccc2)CCO1. The van der Waals surface area contributed by atoms with Crippen molar-refractivity contribution in [1.82, 2.24) is 9.62 Å². The van der Waals surface area contributed by atoms with Gasteiger partial charge in [-0.2, -0.15) is 4.31 Å². The van der Waals surface area contributed by atoms with E-state index in [4.69, 9.17) is 4.74 Å². The van der Waals surface area contributed by atoms with E-state index in [1.165, 1.54) is 4.31 Å². The predicted molar refractivity (Wildman–Crippen MR) is 84.2 cm³/mol. The predicted octanol–water partition coefficient (Wildman–Crippen LogP) is 0.859. The van der Waals surface area contributed by atoms with Crippen LogP contribution in [0.2, 0.25) is 0 Å². The highest BCUT2D eigenvalue weighted by Crippen LogP contribution is 2.10. The zero-order valence-electron chi connectivity index (χ0n) is 12.5. The minimum absolute atomic E-state index is 0.0622. The molecule has 1 atom stereocenters. The molecule has 2 rings (SSSR count). The lowest BCUT2D eigenvalue weighted by atomic mass is 10.3. The maximum atomic E-state index is 12.2. The van der Waals surface area contributed by atoms with Gasteiger partial charge in [-0.25, -0.2) is 13.2 Å². The van der Waals surface area contributed by atoms with Crippen molar-refractivity contribution in [2.75, 3.05) is 37.3 Å². The molecule has 1 unspecified atom stereocenters. The number of rotatable bonds is 5. The van der Waals surface area contributed by atoms with Gasteiger partial charge in [0, 0.05) is 25.3 Å². The van der Waals surface area contributed by atoms with Gasteiger partial charge in [0.1, 0.15) is 0 Å². The number of hydrogen-bond donors (Lipinski definition) is 2. The molecule has 1 aliphatic heterocycles. The number of amides is 2. The lowest BCUT2D eigenvalue weighted by Gasteiger charge is -2.30. The van der Waals surface area contributed by atoms with Crippen LogP contribution in [0.1, 0.15) is 6.92 Å². The number of para-hydroxylation sites is 1. The first-order chi connectivity index (χ1) is 10.5. The highest BCUT2D eigenvalue weighted by Gasteiger charge is 2.27. The van der Waals surface area contributed by atoms with Crippen LogP contribution in [0.4, 0.5) is 10.5 Å². The summed E-state index contributed by atoms with van der Waals surface area (Å²) in [5.41, 5.74) is 0.657. The highest BCUT2D eigenvalue weighted by atomic mass is 32.2. The van der Waals surface area contributed by atoms with Crippen LogP contribution in [-0.4, -0.2) is 56.9 Å². The molecule has 1 saturated heterocycles. The Morgan fingerprint density at radius 1 is 1.36 bits per heavy atom. The summed E-state index contributed by atoms with van der Waals surface area (Å²) in [7, 11) is -3.37. The monoisotopic (exact) mass is 327 g/mol. The van der Waals surface area contributed by atoms with E-state index in [9.17, 15) is 13.2 Å². The molecule has 1 aliphatic rings. The number of carbonyl (C=O) groups excluding carboxylic acids is 1. The van der Waals surface area contributed by atoms with E-state index < -0.39 is 16.1 Å². The summed E-state index contributed by atoms with van der Waals surface area (Å²) in [5, 5.41) is 5.19. The molecule has 2 N–H and O–H groups in total. The van der Waals surface area contributed by atoms with Crippen molar-refractivity contribution in [3.05, 3.63) is 30.3 Å². The maximum absolute atomic E-state index is 12.2. The minimum Gasteiger partial charge on any atom is -0.376 e. The summed E-state index contributed by atoms with van der Waals surface area (Å²) in [6, 6.07) is 8.55. The molecule has 0 saturated carbocycles. The van der Waals surface area contributed by atoms with Crippen LogP contribution in [0.15, 0.2) is 30.3 Å². The van der Waals surface area contributed by atoms with Crippen LogP contribution < -0.4 is 10.6 Å². The average molecular weight is 327 g/mol. The Kier molecular flexibility index (Phi) is 5.76. The summed E-state index contributed by atoms with van der Waals surface area (Å²) in [5.74, 6) is -0.123. The number of anilines is 1. The van der Waals surface area contributed by atoms with Gasteiger partial charge in [-0.05, 0) is 19.1 Å². The maximum Gasteiger partial charge on any atom is 0.319 e. The number of nitrogens with zero attached hydrogens (tertiary/aromatic N) is 1. The molecule has 1 heterocycles. The summed E-state index contributed by atoms with van der Waals surface area (Å²) in [4.78, 5) is 11.7. The molecule has 1 fully saturated rings. The first-order valence-electron chi connectivity index (χ1n) is 7.17. The van der Waals surface area contributed by atoms with E-state index >= 15 is 0 Å². The fraction of sp³-hybridized carbons (Fsp3) is 0.500. The fourth-order valence-corrected chi connectivity index (χ4v) is 3.57. The number of ether oxygens (including phenoxy) is 1. The third-order valence-electron chi connectivity index (χ3n) is 3.27. The fourth-order valence-electron chi connectivity index (χ4n) is 2.16.